The topological polar surface area (TPSA) is 50.1 Å². The van der Waals surface area contributed by atoms with E-state index in [0.717, 1.165) is 23.9 Å². The van der Waals surface area contributed by atoms with Crippen LogP contribution in [0.1, 0.15) is 22.9 Å². The van der Waals surface area contributed by atoms with Crippen LogP contribution in [0.3, 0.4) is 0 Å². The summed E-state index contributed by atoms with van der Waals surface area (Å²) in [4.78, 5) is 12.7. The smallest absolute Gasteiger partial charge is 0.147 e. The molecule has 0 saturated carbocycles. The molecule has 1 aromatic carbocycles. The Kier molecular flexibility index (Phi) is 6.44. The largest absolute Gasteiger partial charge is 0.346 e. The van der Waals surface area contributed by atoms with E-state index in [-0.39, 0.29) is 18.4 Å². The Morgan fingerprint density at radius 1 is 1.14 bits per heavy atom. The zero-order valence-corrected chi connectivity index (χ0v) is 17.1. The SMILES string of the molecule is Cc1c(CN2CCN(c3cnccn3)C(c3cc(F)ccc3F)C2)cnn1C.Cl. The second-order valence-electron chi connectivity index (χ2n) is 7.05. The van der Waals surface area contributed by atoms with Gasteiger partial charge in [-0.25, -0.2) is 13.8 Å². The van der Waals surface area contributed by atoms with Gasteiger partial charge in [-0.05, 0) is 25.1 Å². The van der Waals surface area contributed by atoms with E-state index >= 15 is 0 Å². The Balaban J connectivity index is 0.00000240. The number of benzene rings is 1. The summed E-state index contributed by atoms with van der Waals surface area (Å²) in [6, 6.07) is 3.25. The van der Waals surface area contributed by atoms with E-state index in [1.807, 2.05) is 29.7 Å². The Hall–Kier alpha value is -2.58. The number of halogens is 3. The van der Waals surface area contributed by atoms with Crippen molar-refractivity contribution in [3.8, 4) is 0 Å². The maximum atomic E-state index is 14.6. The highest BCUT2D eigenvalue weighted by Gasteiger charge is 2.31. The van der Waals surface area contributed by atoms with Gasteiger partial charge in [0.2, 0.25) is 0 Å². The van der Waals surface area contributed by atoms with Crippen LogP contribution in [-0.2, 0) is 13.6 Å². The summed E-state index contributed by atoms with van der Waals surface area (Å²) in [6.45, 7) is 4.70. The fourth-order valence-electron chi connectivity index (χ4n) is 3.67. The fraction of sp³-hybridized carbons (Fsp3) is 0.350. The van der Waals surface area contributed by atoms with Crippen LogP contribution in [0.25, 0.3) is 0 Å². The zero-order chi connectivity index (χ0) is 19.7. The number of piperazine rings is 1. The molecule has 4 rings (SSSR count). The average molecular weight is 421 g/mol. The molecule has 1 aliphatic heterocycles. The van der Waals surface area contributed by atoms with Crippen LogP contribution in [0.4, 0.5) is 14.6 Å². The molecule has 1 aliphatic rings. The lowest BCUT2D eigenvalue weighted by molar-refractivity contribution is 0.212. The zero-order valence-electron chi connectivity index (χ0n) is 16.3. The van der Waals surface area contributed by atoms with Crippen LogP contribution in [0.2, 0.25) is 0 Å². The maximum Gasteiger partial charge on any atom is 0.147 e. The molecule has 0 aliphatic carbocycles. The summed E-state index contributed by atoms with van der Waals surface area (Å²) in [6.07, 6.45) is 6.73. The molecule has 1 atom stereocenters. The summed E-state index contributed by atoms with van der Waals surface area (Å²) in [7, 11) is 1.91. The summed E-state index contributed by atoms with van der Waals surface area (Å²) < 4.78 is 30.3. The van der Waals surface area contributed by atoms with Crippen LogP contribution in [0.5, 0.6) is 0 Å². The second kappa shape index (κ2) is 8.84. The molecule has 0 radical (unpaired) electrons. The molecular formula is C20H23ClF2N6. The van der Waals surface area contributed by atoms with Gasteiger partial charge in [-0.3, -0.25) is 14.6 Å². The first kappa shape index (κ1) is 21.1. The number of hydrogen-bond acceptors (Lipinski definition) is 5. The molecule has 3 heterocycles. The Morgan fingerprint density at radius 3 is 2.66 bits per heavy atom. The van der Waals surface area contributed by atoms with E-state index in [9.17, 15) is 8.78 Å². The first-order valence-electron chi connectivity index (χ1n) is 9.20. The standard InChI is InChI=1S/C20H22F2N6.ClH/c1-14-15(10-25-26(14)2)12-27-7-8-28(20-11-23-5-6-24-20)19(13-27)17-9-16(21)3-4-18(17)22;/h3-6,9-11,19H,7-8,12-13H2,1-2H3;1H. The van der Waals surface area contributed by atoms with Gasteiger partial charge in [0.1, 0.15) is 17.5 Å². The number of anilines is 1. The van der Waals surface area contributed by atoms with Gasteiger partial charge in [0, 0.05) is 62.4 Å². The molecule has 1 saturated heterocycles. The third kappa shape index (κ3) is 4.38. The van der Waals surface area contributed by atoms with E-state index in [4.69, 9.17) is 0 Å². The third-order valence-corrected chi connectivity index (χ3v) is 5.36. The van der Waals surface area contributed by atoms with E-state index in [1.165, 1.54) is 12.1 Å². The molecule has 0 amide bonds. The minimum absolute atomic E-state index is 0. The summed E-state index contributed by atoms with van der Waals surface area (Å²) in [5, 5.41) is 4.30. The molecule has 0 N–H and O–H groups in total. The Labute approximate surface area is 174 Å². The van der Waals surface area contributed by atoms with Gasteiger partial charge in [-0.2, -0.15) is 5.10 Å². The van der Waals surface area contributed by atoms with Gasteiger partial charge in [0.25, 0.3) is 0 Å². The first-order valence-corrected chi connectivity index (χ1v) is 9.20. The molecule has 0 spiro atoms. The van der Waals surface area contributed by atoms with Gasteiger partial charge < -0.3 is 4.90 Å². The molecule has 6 nitrogen and oxygen atoms in total. The third-order valence-electron chi connectivity index (χ3n) is 5.36. The summed E-state index contributed by atoms with van der Waals surface area (Å²) >= 11 is 0. The Bertz CT molecular complexity index is 965. The van der Waals surface area contributed by atoms with E-state index in [0.29, 0.717) is 31.0 Å². The Morgan fingerprint density at radius 2 is 1.97 bits per heavy atom. The highest BCUT2D eigenvalue weighted by molar-refractivity contribution is 5.85. The first-order chi connectivity index (χ1) is 13.5. The lowest BCUT2D eigenvalue weighted by Crippen LogP contribution is -2.48. The highest BCUT2D eigenvalue weighted by Crippen LogP contribution is 2.32. The highest BCUT2D eigenvalue weighted by atomic mass is 35.5. The fourth-order valence-corrected chi connectivity index (χ4v) is 3.67. The minimum Gasteiger partial charge on any atom is -0.346 e. The molecule has 1 fully saturated rings. The van der Waals surface area contributed by atoms with Gasteiger partial charge >= 0.3 is 0 Å². The minimum atomic E-state index is -0.448. The van der Waals surface area contributed by atoms with Crippen molar-refractivity contribution in [1.29, 1.82) is 0 Å². The quantitative estimate of drug-likeness (QED) is 0.648. The summed E-state index contributed by atoms with van der Waals surface area (Å²) in [5.41, 5.74) is 2.57. The lowest BCUT2D eigenvalue weighted by Gasteiger charge is -2.42. The van der Waals surface area contributed by atoms with Crippen LogP contribution >= 0.6 is 12.4 Å². The predicted molar refractivity (Wildman–Crippen MR) is 109 cm³/mol. The molecule has 2 aromatic heterocycles. The number of nitrogens with zero attached hydrogens (tertiary/aromatic N) is 6. The van der Waals surface area contributed by atoms with Crippen LogP contribution in [0, 0.1) is 18.6 Å². The molecule has 29 heavy (non-hydrogen) atoms. The van der Waals surface area contributed by atoms with Crippen LogP contribution in [0.15, 0.2) is 43.0 Å². The van der Waals surface area contributed by atoms with Gasteiger partial charge in [-0.15, -0.1) is 12.4 Å². The molecular weight excluding hydrogens is 398 g/mol. The van der Waals surface area contributed by atoms with Crippen molar-refractivity contribution in [3.05, 3.63) is 71.4 Å². The van der Waals surface area contributed by atoms with E-state index in [2.05, 4.69) is 20.0 Å². The van der Waals surface area contributed by atoms with Crippen molar-refractivity contribution in [2.75, 3.05) is 24.5 Å². The van der Waals surface area contributed by atoms with Crippen molar-refractivity contribution in [2.24, 2.45) is 7.05 Å². The molecule has 0 bridgehead atoms. The number of rotatable bonds is 4. The maximum absolute atomic E-state index is 14.6. The predicted octanol–water partition coefficient (Wildman–Crippen LogP) is 3.28. The van der Waals surface area contributed by atoms with E-state index < -0.39 is 11.6 Å². The molecule has 1 unspecified atom stereocenters. The van der Waals surface area contributed by atoms with Crippen molar-refractivity contribution >= 4 is 18.2 Å². The number of hydrogen-bond donors (Lipinski definition) is 0. The van der Waals surface area contributed by atoms with Crippen LogP contribution in [-0.4, -0.2) is 44.3 Å². The molecule has 3 aromatic rings. The average Bonchev–Trinajstić information content (AvgIpc) is 3.02. The van der Waals surface area contributed by atoms with Gasteiger partial charge in [-0.1, -0.05) is 0 Å². The van der Waals surface area contributed by atoms with Gasteiger partial charge in [0.15, 0.2) is 0 Å². The van der Waals surface area contributed by atoms with Crippen molar-refractivity contribution in [2.45, 2.75) is 19.5 Å². The van der Waals surface area contributed by atoms with Crippen molar-refractivity contribution in [1.82, 2.24) is 24.6 Å². The number of aromatic nitrogens is 4. The summed E-state index contributed by atoms with van der Waals surface area (Å²) in [5.74, 6) is -0.205. The van der Waals surface area contributed by atoms with E-state index in [1.54, 1.807) is 18.6 Å². The molecule has 154 valence electrons. The normalized spacial score (nSPS) is 17.2. The second-order valence-corrected chi connectivity index (χ2v) is 7.05. The van der Waals surface area contributed by atoms with Crippen molar-refractivity contribution < 1.29 is 8.78 Å². The van der Waals surface area contributed by atoms with Crippen molar-refractivity contribution in [3.63, 3.8) is 0 Å². The monoisotopic (exact) mass is 420 g/mol. The van der Waals surface area contributed by atoms with Crippen LogP contribution < -0.4 is 4.90 Å². The van der Waals surface area contributed by atoms with Gasteiger partial charge in [0.05, 0.1) is 18.4 Å². The number of aryl methyl sites for hydroxylation is 1. The molecule has 9 heteroatoms. The lowest BCUT2D eigenvalue weighted by atomic mass is 10.0.